The molecule has 0 bridgehead atoms. The molecule has 0 unspecified atom stereocenters. The van der Waals surface area contributed by atoms with Gasteiger partial charge in [-0.05, 0) is 62.0 Å². The lowest BCUT2D eigenvalue weighted by atomic mass is 10.2. The summed E-state index contributed by atoms with van der Waals surface area (Å²) in [7, 11) is 0. The van der Waals surface area contributed by atoms with E-state index in [1.165, 1.54) is 6.92 Å². The first kappa shape index (κ1) is 19.4. The van der Waals surface area contributed by atoms with Crippen LogP contribution in [0.5, 0.6) is 5.75 Å². The Labute approximate surface area is 157 Å². The zero-order valence-corrected chi connectivity index (χ0v) is 15.7. The van der Waals surface area contributed by atoms with Crippen molar-refractivity contribution >= 4 is 40.5 Å². The molecule has 0 aliphatic heterocycles. The molecule has 26 heavy (non-hydrogen) atoms. The molecule has 0 fully saturated rings. The molecule has 136 valence electrons. The summed E-state index contributed by atoms with van der Waals surface area (Å²) in [6.07, 6.45) is 0. The molecule has 6 nitrogen and oxygen atoms in total. The minimum Gasteiger partial charge on any atom is -0.494 e. The summed E-state index contributed by atoms with van der Waals surface area (Å²) in [4.78, 5) is 23.6. The van der Waals surface area contributed by atoms with Crippen LogP contribution in [-0.2, 0) is 4.79 Å². The van der Waals surface area contributed by atoms with E-state index >= 15 is 0 Å². The molecule has 0 saturated carbocycles. The van der Waals surface area contributed by atoms with Crippen molar-refractivity contribution < 1.29 is 14.3 Å². The van der Waals surface area contributed by atoms with Crippen molar-refractivity contribution in [3.8, 4) is 5.75 Å². The van der Waals surface area contributed by atoms with Crippen LogP contribution in [-0.4, -0.2) is 23.5 Å². The van der Waals surface area contributed by atoms with Crippen molar-refractivity contribution in [2.24, 2.45) is 0 Å². The Bertz CT molecular complexity index is 837. The Kier molecular flexibility index (Phi) is 6.68. The van der Waals surface area contributed by atoms with E-state index < -0.39 is 0 Å². The Morgan fingerprint density at radius 2 is 1.88 bits per heavy atom. The smallest absolute Gasteiger partial charge is 0.257 e. The highest BCUT2D eigenvalue weighted by molar-refractivity contribution is 7.80. The molecular weight excluding hydrogens is 350 g/mol. The van der Waals surface area contributed by atoms with Crippen LogP contribution in [0.15, 0.2) is 42.5 Å². The van der Waals surface area contributed by atoms with Gasteiger partial charge in [0.05, 0.1) is 6.61 Å². The fraction of sp³-hybridized carbons (Fsp3) is 0.211. The molecule has 2 aromatic carbocycles. The SMILES string of the molecule is CCOc1cccc(C(=O)NC(=S)Nc2ccc(C)c(NC(C)=O)c2)c1. The number of aryl methyl sites for hydroxylation is 1. The van der Waals surface area contributed by atoms with Crippen molar-refractivity contribution in [3.63, 3.8) is 0 Å². The standard InChI is InChI=1S/C19H21N3O3S/c1-4-25-16-7-5-6-14(10-16)18(24)22-19(26)21-15-9-8-12(2)17(11-15)20-13(3)23/h5-11H,4H2,1-3H3,(H,20,23)(H2,21,22,24,26). The fourth-order valence-electron chi connectivity index (χ4n) is 2.26. The molecular formula is C19H21N3O3S. The third kappa shape index (κ3) is 5.56. The van der Waals surface area contributed by atoms with Crippen LogP contribution >= 0.6 is 12.2 Å². The average Bonchev–Trinajstić information content (AvgIpc) is 2.58. The quantitative estimate of drug-likeness (QED) is 0.701. The predicted octanol–water partition coefficient (Wildman–Crippen LogP) is 3.48. The highest BCUT2D eigenvalue weighted by Gasteiger charge is 2.10. The summed E-state index contributed by atoms with van der Waals surface area (Å²) >= 11 is 5.20. The third-order valence-electron chi connectivity index (χ3n) is 3.44. The predicted molar refractivity (Wildman–Crippen MR) is 107 cm³/mol. The van der Waals surface area contributed by atoms with Gasteiger partial charge in [0, 0.05) is 23.9 Å². The summed E-state index contributed by atoms with van der Waals surface area (Å²) in [5, 5.41) is 8.48. The van der Waals surface area contributed by atoms with Gasteiger partial charge in [-0.1, -0.05) is 12.1 Å². The number of thiocarbonyl (C=S) groups is 1. The van der Waals surface area contributed by atoms with E-state index in [0.717, 1.165) is 5.56 Å². The van der Waals surface area contributed by atoms with Crippen LogP contribution in [0.4, 0.5) is 11.4 Å². The summed E-state index contributed by atoms with van der Waals surface area (Å²) in [5.41, 5.74) is 2.71. The van der Waals surface area contributed by atoms with Gasteiger partial charge in [0.25, 0.3) is 5.91 Å². The normalized spacial score (nSPS) is 9.96. The topological polar surface area (TPSA) is 79.5 Å². The molecule has 0 atom stereocenters. The van der Waals surface area contributed by atoms with Gasteiger partial charge < -0.3 is 15.4 Å². The maximum Gasteiger partial charge on any atom is 0.257 e. The molecule has 7 heteroatoms. The van der Waals surface area contributed by atoms with E-state index in [4.69, 9.17) is 17.0 Å². The number of amides is 2. The van der Waals surface area contributed by atoms with E-state index in [2.05, 4.69) is 16.0 Å². The Hall–Kier alpha value is -2.93. The Morgan fingerprint density at radius 3 is 2.58 bits per heavy atom. The van der Waals surface area contributed by atoms with Gasteiger partial charge in [-0.2, -0.15) is 0 Å². The van der Waals surface area contributed by atoms with E-state index in [-0.39, 0.29) is 16.9 Å². The number of rotatable bonds is 5. The van der Waals surface area contributed by atoms with Crippen molar-refractivity contribution in [2.75, 3.05) is 17.2 Å². The lowest BCUT2D eigenvalue weighted by Gasteiger charge is -2.13. The lowest BCUT2D eigenvalue weighted by Crippen LogP contribution is -2.34. The van der Waals surface area contributed by atoms with Crippen LogP contribution in [0.2, 0.25) is 0 Å². The monoisotopic (exact) mass is 371 g/mol. The molecule has 0 aromatic heterocycles. The third-order valence-corrected chi connectivity index (χ3v) is 3.64. The maximum absolute atomic E-state index is 12.3. The number of hydrogen-bond donors (Lipinski definition) is 3. The summed E-state index contributed by atoms with van der Waals surface area (Å²) < 4.78 is 5.39. The van der Waals surface area contributed by atoms with Crippen molar-refractivity contribution in [1.29, 1.82) is 0 Å². The van der Waals surface area contributed by atoms with Gasteiger partial charge in [0.1, 0.15) is 5.75 Å². The zero-order chi connectivity index (χ0) is 19.1. The van der Waals surface area contributed by atoms with Crippen molar-refractivity contribution in [3.05, 3.63) is 53.6 Å². The van der Waals surface area contributed by atoms with Gasteiger partial charge >= 0.3 is 0 Å². The first-order valence-corrected chi connectivity index (χ1v) is 8.53. The number of hydrogen-bond acceptors (Lipinski definition) is 4. The van der Waals surface area contributed by atoms with Crippen LogP contribution < -0.4 is 20.7 Å². The number of benzene rings is 2. The molecule has 0 spiro atoms. The summed E-state index contributed by atoms with van der Waals surface area (Å²) in [6, 6.07) is 12.3. The zero-order valence-electron chi connectivity index (χ0n) is 14.9. The van der Waals surface area contributed by atoms with Gasteiger partial charge in [-0.25, -0.2) is 0 Å². The number of carbonyl (C=O) groups is 2. The minimum absolute atomic E-state index is 0.157. The largest absolute Gasteiger partial charge is 0.494 e. The van der Waals surface area contributed by atoms with E-state index in [1.807, 2.05) is 26.0 Å². The molecule has 0 saturated heterocycles. The number of ether oxygens (including phenoxy) is 1. The van der Waals surface area contributed by atoms with Crippen molar-refractivity contribution in [1.82, 2.24) is 5.32 Å². The number of nitrogens with one attached hydrogen (secondary N) is 3. The minimum atomic E-state index is -0.335. The molecule has 0 radical (unpaired) electrons. The summed E-state index contributed by atoms with van der Waals surface area (Å²) in [5.74, 6) is 0.131. The molecule has 0 aliphatic rings. The molecule has 0 aliphatic carbocycles. The maximum atomic E-state index is 12.3. The van der Waals surface area contributed by atoms with E-state index in [0.29, 0.717) is 29.3 Å². The molecule has 3 N–H and O–H groups in total. The van der Waals surface area contributed by atoms with E-state index in [1.54, 1.807) is 30.3 Å². The highest BCUT2D eigenvalue weighted by atomic mass is 32.1. The van der Waals surface area contributed by atoms with Crippen LogP contribution in [0.1, 0.15) is 29.8 Å². The van der Waals surface area contributed by atoms with Crippen molar-refractivity contribution in [2.45, 2.75) is 20.8 Å². The second-order valence-electron chi connectivity index (χ2n) is 5.58. The molecule has 0 heterocycles. The van der Waals surface area contributed by atoms with E-state index in [9.17, 15) is 9.59 Å². The Balaban J connectivity index is 2.03. The first-order chi connectivity index (χ1) is 12.4. The van der Waals surface area contributed by atoms with Crippen LogP contribution in [0, 0.1) is 6.92 Å². The van der Waals surface area contributed by atoms with Gasteiger partial charge in [0.15, 0.2) is 5.11 Å². The lowest BCUT2D eigenvalue weighted by molar-refractivity contribution is -0.114. The van der Waals surface area contributed by atoms with Gasteiger partial charge in [-0.15, -0.1) is 0 Å². The van der Waals surface area contributed by atoms with Gasteiger partial charge in [0.2, 0.25) is 5.91 Å². The number of anilines is 2. The second kappa shape index (κ2) is 8.96. The fourth-order valence-corrected chi connectivity index (χ4v) is 2.47. The Morgan fingerprint density at radius 1 is 1.12 bits per heavy atom. The molecule has 2 amide bonds. The molecule has 2 rings (SSSR count). The van der Waals surface area contributed by atoms with Gasteiger partial charge in [-0.3, -0.25) is 14.9 Å². The first-order valence-electron chi connectivity index (χ1n) is 8.12. The second-order valence-corrected chi connectivity index (χ2v) is 5.99. The average molecular weight is 371 g/mol. The number of carbonyl (C=O) groups excluding carboxylic acids is 2. The van der Waals surface area contributed by atoms with Crippen LogP contribution in [0.25, 0.3) is 0 Å². The summed E-state index contributed by atoms with van der Waals surface area (Å²) in [6.45, 7) is 5.74. The van der Waals surface area contributed by atoms with Crippen LogP contribution in [0.3, 0.4) is 0 Å². The molecule has 2 aromatic rings. The highest BCUT2D eigenvalue weighted by Crippen LogP contribution is 2.20.